The molecule has 1 aromatic carbocycles. The number of rotatable bonds is 6. The highest BCUT2D eigenvalue weighted by Crippen LogP contribution is 2.27. The number of hydrogen-bond donors (Lipinski definition) is 3. The van der Waals surface area contributed by atoms with E-state index in [1.165, 1.54) is 0 Å². The molecule has 5 heteroatoms. The molecule has 0 aliphatic rings. The Hall–Kier alpha value is -2.04. The van der Waals surface area contributed by atoms with E-state index in [4.69, 9.17) is 0 Å². The number of benzene rings is 1. The number of hydrogen-bond acceptors (Lipinski definition) is 2. The fourth-order valence-electron chi connectivity index (χ4n) is 2.48. The van der Waals surface area contributed by atoms with Crippen molar-refractivity contribution in [3.63, 3.8) is 0 Å². The molecule has 0 aromatic heterocycles. The predicted molar refractivity (Wildman–Crippen MR) is 102 cm³/mol. The normalized spacial score (nSPS) is 12.2. The van der Waals surface area contributed by atoms with Crippen LogP contribution in [0.3, 0.4) is 0 Å². The lowest BCUT2D eigenvalue weighted by Gasteiger charge is -2.32. The van der Waals surface area contributed by atoms with E-state index in [0.717, 1.165) is 11.1 Å². The van der Waals surface area contributed by atoms with E-state index in [0.29, 0.717) is 0 Å². The van der Waals surface area contributed by atoms with Crippen molar-refractivity contribution >= 4 is 11.9 Å². The molecule has 0 unspecified atom stereocenters. The molecular formula is C20H33N3O2. The Balaban J connectivity index is 3.03. The summed E-state index contributed by atoms with van der Waals surface area (Å²) in [6, 6.07) is 7.85. The van der Waals surface area contributed by atoms with Gasteiger partial charge in [-0.05, 0) is 52.7 Å². The van der Waals surface area contributed by atoms with E-state index < -0.39 is 11.1 Å². The lowest BCUT2D eigenvalue weighted by molar-refractivity contribution is -0.125. The fraction of sp³-hybridized carbons (Fsp3) is 0.600. The standard InChI is InChI=1S/C20H33N3O2/c1-13(2)17(24)22-19(5,6)15-10-9-11-16(12-15)20(7,8)23-18(25)21-14(3)4/h9-14H,1-8H3,(H,22,24)(H2,21,23,25). The minimum atomic E-state index is -0.535. The summed E-state index contributed by atoms with van der Waals surface area (Å²) in [5, 5.41) is 8.93. The first-order valence-electron chi connectivity index (χ1n) is 8.87. The maximum absolute atomic E-state index is 12.1. The second-order valence-electron chi connectivity index (χ2n) is 8.23. The van der Waals surface area contributed by atoms with E-state index in [-0.39, 0.29) is 23.9 Å². The van der Waals surface area contributed by atoms with Gasteiger partial charge in [-0.2, -0.15) is 0 Å². The first-order chi connectivity index (χ1) is 11.3. The third-order valence-corrected chi connectivity index (χ3v) is 4.11. The van der Waals surface area contributed by atoms with Crippen LogP contribution in [-0.2, 0) is 15.9 Å². The maximum Gasteiger partial charge on any atom is 0.315 e. The zero-order valence-electron chi connectivity index (χ0n) is 16.8. The number of nitrogens with one attached hydrogen (secondary N) is 3. The van der Waals surface area contributed by atoms with Gasteiger partial charge in [0.1, 0.15) is 0 Å². The molecule has 0 bridgehead atoms. The first-order valence-corrected chi connectivity index (χ1v) is 8.87. The summed E-state index contributed by atoms with van der Waals surface area (Å²) in [5.41, 5.74) is 0.953. The van der Waals surface area contributed by atoms with Crippen molar-refractivity contribution in [3.8, 4) is 0 Å². The van der Waals surface area contributed by atoms with Crippen molar-refractivity contribution < 1.29 is 9.59 Å². The second kappa shape index (κ2) is 7.89. The Labute approximate surface area is 152 Å². The summed E-state index contributed by atoms with van der Waals surface area (Å²) in [5.74, 6) is -0.0515. The number of amides is 3. The average molecular weight is 348 g/mol. The fourth-order valence-corrected chi connectivity index (χ4v) is 2.48. The SMILES string of the molecule is CC(C)NC(=O)NC(C)(C)c1cccc(C(C)(C)NC(=O)C(C)C)c1. The maximum atomic E-state index is 12.1. The largest absolute Gasteiger partial charge is 0.347 e. The topological polar surface area (TPSA) is 70.2 Å². The lowest BCUT2D eigenvalue weighted by atomic mass is 9.87. The van der Waals surface area contributed by atoms with Gasteiger partial charge in [-0.3, -0.25) is 4.79 Å². The summed E-state index contributed by atoms with van der Waals surface area (Å²) >= 11 is 0. The van der Waals surface area contributed by atoms with Crippen LogP contribution in [0.25, 0.3) is 0 Å². The molecule has 140 valence electrons. The highest BCUT2D eigenvalue weighted by Gasteiger charge is 2.28. The van der Waals surface area contributed by atoms with Gasteiger partial charge in [0.15, 0.2) is 0 Å². The molecule has 1 rings (SSSR count). The molecule has 25 heavy (non-hydrogen) atoms. The Bertz CT molecular complexity index is 619. The number of urea groups is 1. The van der Waals surface area contributed by atoms with Crippen molar-refractivity contribution in [1.29, 1.82) is 0 Å². The molecule has 0 atom stereocenters. The lowest BCUT2D eigenvalue weighted by Crippen LogP contribution is -2.48. The monoisotopic (exact) mass is 347 g/mol. The summed E-state index contributed by atoms with van der Waals surface area (Å²) < 4.78 is 0. The molecule has 0 fully saturated rings. The summed E-state index contributed by atoms with van der Waals surface area (Å²) in [6.07, 6.45) is 0. The van der Waals surface area contributed by atoms with Crippen LogP contribution >= 0.6 is 0 Å². The molecule has 0 spiro atoms. The van der Waals surface area contributed by atoms with Crippen LogP contribution in [0.5, 0.6) is 0 Å². The van der Waals surface area contributed by atoms with Crippen LogP contribution in [0, 0.1) is 5.92 Å². The molecule has 1 aromatic rings. The summed E-state index contributed by atoms with van der Waals surface area (Å²) in [7, 11) is 0. The van der Waals surface area contributed by atoms with E-state index in [2.05, 4.69) is 16.0 Å². The van der Waals surface area contributed by atoms with Gasteiger partial charge >= 0.3 is 6.03 Å². The Morgan fingerprint density at radius 1 is 0.880 bits per heavy atom. The van der Waals surface area contributed by atoms with Crippen molar-refractivity contribution in [3.05, 3.63) is 35.4 Å². The first kappa shape index (κ1) is 21.0. The van der Waals surface area contributed by atoms with Crippen LogP contribution in [0.15, 0.2) is 24.3 Å². The third-order valence-electron chi connectivity index (χ3n) is 4.11. The molecule has 0 heterocycles. The molecule has 3 N–H and O–H groups in total. The van der Waals surface area contributed by atoms with Gasteiger partial charge in [-0.1, -0.05) is 38.1 Å². The van der Waals surface area contributed by atoms with Crippen molar-refractivity contribution in [2.24, 2.45) is 5.92 Å². The minimum Gasteiger partial charge on any atom is -0.347 e. The van der Waals surface area contributed by atoms with Crippen LogP contribution in [0.1, 0.15) is 66.5 Å². The molecule has 0 aliphatic carbocycles. The van der Waals surface area contributed by atoms with Crippen molar-refractivity contribution in [2.75, 3.05) is 0 Å². The molecule has 0 aliphatic heterocycles. The van der Waals surface area contributed by atoms with Gasteiger partial charge in [0.25, 0.3) is 0 Å². The molecule has 5 nitrogen and oxygen atoms in total. The van der Waals surface area contributed by atoms with E-state index in [9.17, 15) is 9.59 Å². The predicted octanol–water partition coefficient (Wildman–Crippen LogP) is 3.64. The molecule has 0 saturated heterocycles. The number of carbonyl (C=O) groups excluding carboxylic acids is 2. The van der Waals surface area contributed by atoms with Crippen LogP contribution < -0.4 is 16.0 Å². The third kappa shape index (κ3) is 6.07. The highest BCUT2D eigenvalue weighted by atomic mass is 16.2. The Morgan fingerprint density at radius 2 is 1.36 bits per heavy atom. The highest BCUT2D eigenvalue weighted by molar-refractivity contribution is 5.79. The van der Waals surface area contributed by atoms with E-state index >= 15 is 0 Å². The summed E-state index contributed by atoms with van der Waals surface area (Å²) in [4.78, 5) is 24.2. The average Bonchev–Trinajstić information content (AvgIpc) is 2.45. The zero-order chi connectivity index (χ0) is 19.4. The Morgan fingerprint density at radius 3 is 1.80 bits per heavy atom. The Kier molecular flexibility index (Phi) is 6.63. The second-order valence-corrected chi connectivity index (χ2v) is 8.23. The van der Waals surface area contributed by atoms with Gasteiger partial charge in [0, 0.05) is 12.0 Å². The smallest absolute Gasteiger partial charge is 0.315 e. The van der Waals surface area contributed by atoms with Gasteiger partial charge in [0.2, 0.25) is 5.91 Å². The van der Waals surface area contributed by atoms with Crippen molar-refractivity contribution in [1.82, 2.24) is 16.0 Å². The molecule has 0 saturated carbocycles. The van der Waals surface area contributed by atoms with Crippen LogP contribution in [-0.4, -0.2) is 18.0 Å². The zero-order valence-corrected chi connectivity index (χ0v) is 16.8. The van der Waals surface area contributed by atoms with Gasteiger partial charge in [-0.15, -0.1) is 0 Å². The van der Waals surface area contributed by atoms with E-state index in [1.54, 1.807) is 0 Å². The summed E-state index contributed by atoms with van der Waals surface area (Å²) in [6.45, 7) is 15.5. The van der Waals surface area contributed by atoms with Gasteiger partial charge in [0.05, 0.1) is 11.1 Å². The van der Waals surface area contributed by atoms with E-state index in [1.807, 2.05) is 79.7 Å². The molecule has 0 radical (unpaired) electrons. The van der Waals surface area contributed by atoms with Gasteiger partial charge < -0.3 is 16.0 Å². The van der Waals surface area contributed by atoms with Crippen LogP contribution in [0.4, 0.5) is 4.79 Å². The quantitative estimate of drug-likeness (QED) is 0.735. The van der Waals surface area contributed by atoms with Crippen LogP contribution in [0.2, 0.25) is 0 Å². The van der Waals surface area contributed by atoms with Crippen molar-refractivity contribution in [2.45, 2.75) is 72.5 Å². The molecular weight excluding hydrogens is 314 g/mol. The molecule has 3 amide bonds. The van der Waals surface area contributed by atoms with Gasteiger partial charge in [-0.25, -0.2) is 4.79 Å². The number of carbonyl (C=O) groups is 2. The minimum absolute atomic E-state index is 0.0177.